The number of para-hydroxylation sites is 1. The Morgan fingerprint density at radius 1 is 0.975 bits per heavy atom. The number of rotatable bonds is 6. The quantitative estimate of drug-likeness (QED) is 0.409. The highest BCUT2D eigenvalue weighted by molar-refractivity contribution is 8.00. The molecule has 2 fully saturated rings. The molecule has 1 aromatic heterocycles. The summed E-state index contributed by atoms with van der Waals surface area (Å²) >= 11 is 2.22. The molecule has 3 atom stereocenters. The van der Waals surface area contributed by atoms with Gasteiger partial charge in [0.2, 0.25) is 17.7 Å². The van der Waals surface area contributed by atoms with E-state index in [0.29, 0.717) is 53.4 Å². The van der Waals surface area contributed by atoms with Crippen molar-refractivity contribution in [1.82, 2.24) is 9.47 Å². The highest BCUT2D eigenvalue weighted by Crippen LogP contribution is 2.54. The Labute approximate surface area is 238 Å². The average molecular weight is 582 g/mol. The number of anilines is 1. The lowest BCUT2D eigenvalue weighted by Crippen LogP contribution is -2.43. The zero-order chi connectivity index (χ0) is 28.0. The Kier molecular flexibility index (Phi) is 7.15. The van der Waals surface area contributed by atoms with Crippen LogP contribution in [0.2, 0.25) is 0 Å². The van der Waals surface area contributed by atoms with Gasteiger partial charge in [-0.15, -0.1) is 0 Å². The standard InChI is InChI=1S/C28H27N3O7S2/c1-36-18-9-8-16(14-19(18)37-2)21-22-23(26(34)31(25(22)33)17-6-4-3-5-7-17)39-27-24(21)40-28(35)30(27)15-20(32)29-10-12-38-13-11-29/h3-9,14,21-23H,10-13,15H2,1-2H3/t21-,22-,23+/m0/s1. The lowest BCUT2D eigenvalue weighted by atomic mass is 9.83. The number of ether oxygens (including phenoxy) is 3. The van der Waals surface area contributed by atoms with Crippen molar-refractivity contribution in [1.29, 1.82) is 0 Å². The molecule has 3 aliphatic rings. The number of aromatic nitrogens is 1. The molecule has 208 valence electrons. The van der Waals surface area contributed by atoms with Gasteiger partial charge in [0.15, 0.2) is 11.5 Å². The molecule has 0 saturated carbocycles. The number of thioether (sulfide) groups is 1. The van der Waals surface area contributed by atoms with Crippen molar-refractivity contribution >= 4 is 46.5 Å². The smallest absolute Gasteiger partial charge is 0.308 e. The molecule has 0 radical (unpaired) electrons. The third-order valence-electron chi connectivity index (χ3n) is 7.49. The molecule has 0 N–H and O–H groups in total. The number of carbonyl (C=O) groups excluding carboxylic acids is 3. The summed E-state index contributed by atoms with van der Waals surface area (Å²) in [6.07, 6.45) is 0. The average Bonchev–Trinajstić information content (AvgIpc) is 3.43. The fourth-order valence-corrected chi connectivity index (χ4v) is 8.31. The second kappa shape index (κ2) is 10.8. The van der Waals surface area contributed by atoms with Gasteiger partial charge in [-0.3, -0.25) is 23.7 Å². The maximum atomic E-state index is 14.0. The van der Waals surface area contributed by atoms with Crippen LogP contribution in [0.5, 0.6) is 11.5 Å². The third kappa shape index (κ3) is 4.40. The summed E-state index contributed by atoms with van der Waals surface area (Å²) in [4.78, 5) is 57.6. The van der Waals surface area contributed by atoms with Gasteiger partial charge >= 0.3 is 4.87 Å². The van der Waals surface area contributed by atoms with Crippen molar-refractivity contribution in [3.05, 3.63) is 68.6 Å². The first-order valence-corrected chi connectivity index (χ1v) is 14.5. The number of methoxy groups -OCH3 is 2. The van der Waals surface area contributed by atoms with Crippen LogP contribution in [-0.2, 0) is 25.7 Å². The van der Waals surface area contributed by atoms with Crippen molar-refractivity contribution in [3.63, 3.8) is 0 Å². The molecule has 6 rings (SSSR count). The number of carbonyl (C=O) groups is 3. The minimum Gasteiger partial charge on any atom is -0.493 e. The van der Waals surface area contributed by atoms with Gasteiger partial charge in [0.05, 0.1) is 44.1 Å². The molecule has 3 aliphatic heterocycles. The van der Waals surface area contributed by atoms with Crippen LogP contribution in [0.4, 0.5) is 5.69 Å². The fraction of sp³-hybridized carbons (Fsp3) is 0.357. The highest BCUT2D eigenvalue weighted by Gasteiger charge is 2.57. The van der Waals surface area contributed by atoms with Crippen molar-refractivity contribution in [2.45, 2.75) is 22.7 Å². The molecular weight excluding hydrogens is 554 g/mol. The molecule has 3 amide bonds. The number of morpholine rings is 1. The molecule has 3 aromatic rings. The van der Waals surface area contributed by atoms with Gasteiger partial charge in [0.1, 0.15) is 11.8 Å². The van der Waals surface area contributed by atoms with Gasteiger partial charge in [-0.1, -0.05) is 47.4 Å². The van der Waals surface area contributed by atoms with Crippen LogP contribution in [0.15, 0.2) is 58.4 Å². The van der Waals surface area contributed by atoms with E-state index < -0.39 is 17.1 Å². The summed E-state index contributed by atoms with van der Waals surface area (Å²) in [6.45, 7) is 1.69. The number of imide groups is 1. The lowest BCUT2D eigenvalue weighted by Gasteiger charge is -2.31. The van der Waals surface area contributed by atoms with Crippen molar-refractivity contribution < 1.29 is 28.6 Å². The monoisotopic (exact) mass is 581 g/mol. The second-order valence-corrected chi connectivity index (χ2v) is 11.7. The fourth-order valence-electron chi connectivity index (χ4n) is 5.54. The summed E-state index contributed by atoms with van der Waals surface area (Å²) in [5, 5.41) is -0.217. The summed E-state index contributed by atoms with van der Waals surface area (Å²) in [6, 6.07) is 14.2. The number of amides is 3. The first-order chi connectivity index (χ1) is 19.4. The Morgan fingerprint density at radius 3 is 2.40 bits per heavy atom. The minimum atomic E-state index is -0.767. The Bertz CT molecular complexity index is 1530. The molecule has 0 aliphatic carbocycles. The number of fused-ring (bicyclic) bond motifs is 2. The van der Waals surface area contributed by atoms with E-state index in [1.54, 1.807) is 41.3 Å². The molecule has 0 bridgehead atoms. The molecular formula is C28H27N3O7S2. The van der Waals surface area contributed by atoms with E-state index in [-0.39, 0.29) is 29.1 Å². The van der Waals surface area contributed by atoms with Crippen LogP contribution in [0.1, 0.15) is 16.4 Å². The third-order valence-corrected chi connectivity index (χ3v) is 10.1. The number of benzene rings is 2. The van der Waals surface area contributed by atoms with Gasteiger partial charge in [0.25, 0.3) is 0 Å². The van der Waals surface area contributed by atoms with E-state index >= 15 is 0 Å². The van der Waals surface area contributed by atoms with Gasteiger partial charge in [-0.2, -0.15) is 0 Å². The predicted molar refractivity (Wildman–Crippen MR) is 149 cm³/mol. The van der Waals surface area contributed by atoms with Crippen LogP contribution in [0, 0.1) is 5.92 Å². The maximum absolute atomic E-state index is 14.0. The van der Waals surface area contributed by atoms with Crippen molar-refractivity contribution in [2.75, 3.05) is 45.4 Å². The SMILES string of the molecule is COc1ccc([C@@H]2c3sc(=O)n(CC(=O)N4CCOCC4)c3S[C@H]3C(=O)N(c4ccccc4)C(=O)[C@@H]23)cc1OC. The second-order valence-electron chi connectivity index (χ2n) is 9.62. The lowest BCUT2D eigenvalue weighted by molar-refractivity contribution is -0.136. The van der Waals surface area contributed by atoms with Gasteiger partial charge in [0, 0.05) is 23.9 Å². The summed E-state index contributed by atoms with van der Waals surface area (Å²) in [5.74, 6) is -1.19. The van der Waals surface area contributed by atoms with Crippen LogP contribution >= 0.6 is 23.1 Å². The summed E-state index contributed by atoms with van der Waals surface area (Å²) in [5.41, 5.74) is 1.22. The number of thiazole rings is 1. The van der Waals surface area contributed by atoms with E-state index in [4.69, 9.17) is 14.2 Å². The molecule has 0 spiro atoms. The molecule has 10 nitrogen and oxygen atoms in total. The maximum Gasteiger partial charge on any atom is 0.308 e. The zero-order valence-electron chi connectivity index (χ0n) is 21.9. The summed E-state index contributed by atoms with van der Waals surface area (Å²) < 4.78 is 17.8. The van der Waals surface area contributed by atoms with E-state index in [2.05, 4.69) is 0 Å². The van der Waals surface area contributed by atoms with Crippen LogP contribution in [-0.4, -0.2) is 73.0 Å². The van der Waals surface area contributed by atoms with E-state index in [1.807, 2.05) is 12.1 Å². The largest absolute Gasteiger partial charge is 0.493 e. The Morgan fingerprint density at radius 2 is 1.70 bits per heavy atom. The van der Waals surface area contributed by atoms with Gasteiger partial charge in [-0.25, -0.2) is 4.90 Å². The molecule has 2 saturated heterocycles. The number of nitrogens with zero attached hydrogens (tertiary/aromatic N) is 3. The number of hydrogen-bond acceptors (Lipinski definition) is 9. The molecule has 0 unspecified atom stereocenters. The van der Waals surface area contributed by atoms with Crippen molar-refractivity contribution in [3.8, 4) is 11.5 Å². The molecule has 2 aromatic carbocycles. The Balaban J connectivity index is 1.46. The van der Waals surface area contributed by atoms with E-state index in [9.17, 15) is 19.2 Å². The van der Waals surface area contributed by atoms with E-state index in [0.717, 1.165) is 16.9 Å². The van der Waals surface area contributed by atoms with Gasteiger partial charge < -0.3 is 19.1 Å². The number of hydrogen-bond donors (Lipinski definition) is 0. The normalized spacial score (nSPS) is 22.2. The summed E-state index contributed by atoms with van der Waals surface area (Å²) in [7, 11) is 3.07. The minimum absolute atomic E-state index is 0.141. The van der Waals surface area contributed by atoms with Gasteiger partial charge in [-0.05, 0) is 29.8 Å². The van der Waals surface area contributed by atoms with Crippen LogP contribution in [0.3, 0.4) is 0 Å². The van der Waals surface area contributed by atoms with Crippen molar-refractivity contribution in [2.24, 2.45) is 5.92 Å². The van der Waals surface area contributed by atoms with E-state index in [1.165, 1.54) is 35.4 Å². The highest BCUT2D eigenvalue weighted by atomic mass is 32.2. The Hall–Kier alpha value is -3.61. The predicted octanol–water partition coefficient (Wildman–Crippen LogP) is 2.58. The first kappa shape index (κ1) is 26.6. The first-order valence-electron chi connectivity index (χ1n) is 12.8. The zero-order valence-corrected chi connectivity index (χ0v) is 23.5. The topological polar surface area (TPSA) is 107 Å². The molecule has 40 heavy (non-hydrogen) atoms. The molecule has 12 heteroatoms. The van der Waals surface area contributed by atoms with Crippen LogP contribution < -0.4 is 19.2 Å². The molecule has 4 heterocycles. The van der Waals surface area contributed by atoms with Crippen LogP contribution in [0.25, 0.3) is 0 Å².